The summed E-state index contributed by atoms with van der Waals surface area (Å²) in [7, 11) is 0. The molecule has 0 aromatic heterocycles. The van der Waals surface area contributed by atoms with Crippen molar-refractivity contribution in [2.24, 2.45) is 0 Å². The first kappa shape index (κ1) is 51.2. The van der Waals surface area contributed by atoms with Crippen LogP contribution in [0.5, 0.6) is 0 Å². The predicted octanol–water partition coefficient (Wildman–Crippen LogP) is 13.9. The lowest BCUT2D eigenvalue weighted by molar-refractivity contribution is -0.165. The summed E-state index contributed by atoms with van der Waals surface area (Å²) >= 11 is 0. The average molecular weight is 737 g/mol. The Morgan fingerprint density at radius 1 is 0.385 bits per heavy atom. The Morgan fingerprint density at radius 2 is 0.596 bits per heavy atom. The van der Waals surface area contributed by atoms with Gasteiger partial charge in [0.15, 0.2) is 23.3 Å². The number of aliphatic hydroxyl groups excluding tert-OH is 2. The fourth-order valence-electron chi connectivity index (χ4n) is 7.69. The summed E-state index contributed by atoms with van der Waals surface area (Å²) in [5.41, 5.74) is -2.38. The number of carbonyl (C=O) groups is 2. The minimum absolute atomic E-state index is 0.0828. The Morgan fingerprint density at radius 3 is 0.827 bits per heavy atom. The van der Waals surface area contributed by atoms with Gasteiger partial charge in [0.1, 0.15) is 0 Å². The standard InChI is InChI=1S/C47H92O5/c1-3-5-7-9-11-13-15-17-19-21-23-25-27-29-31-33-35-37-39-41-44(49)46(51)47(52,43-48)45(50)42-40-38-36-34-32-30-28-26-24-22-20-18-16-14-12-10-8-6-4-2/h46,48,51-52H,3-43H2,1-2H3. The monoisotopic (exact) mass is 737 g/mol. The molecule has 0 aliphatic heterocycles. The Labute approximate surface area is 324 Å². The first-order valence-corrected chi connectivity index (χ1v) is 23.5. The van der Waals surface area contributed by atoms with Crippen LogP contribution in [0, 0.1) is 0 Å². The van der Waals surface area contributed by atoms with Crippen LogP contribution in [0.1, 0.15) is 271 Å². The molecular weight excluding hydrogens is 645 g/mol. The molecule has 0 fully saturated rings. The molecule has 0 spiro atoms. The highest BCUT2D eigenvalue weighted by Crippen LogP contribution is 2.21. The predicted molar refractivity (Wildman–Crippen MR) is 224 cm³/mol. The zero-order chi connectivity index (χ0) is 38.2. The van der Waals surface area contributed by atoms with Gasteiger partial charge in [0, 0.05) is 12.8 Å². The lowest BCUT2D eigenvalue weighted by Crippen LogP contribution is -2.55. The van der Waals surface area contributed by atoms with Gasteiger partial charge in [-0.3, -0.25) is 9.59 Å². The van der Waals surface area contributed by atoms with Crippen molar-refractivity contribution in [1.82, 2.24) is 0 Å². The van der Waals surface area contributed by atoms with Crippen LogP contribution in [0.2, 0.25) is 0 Å². The van der Waals surface area contributed by atoms with Crippen LogP contribution in [-0.2, 0) is 9.59 Å². The second-order valence-electron chi connectivity index (χ2n) is 16.6. The smallest absolute Gasteiger partial charge is 0.178 e. The molecule has 0 aliphatic rings. The van der Waals surface area contributed by atoms with Gasteiger partial charge in [-0.2, -0.15) is 0 Å². The van der Waals surface area contributed by atoms with E-state index < -0.39 is 29.9 Å². The summed E-state index contributed by atoms with van der Waals surface area (Å²) in [6.07, 6.45) is 46.9. The van der Waals surface area contributed by atoms with Crippen molar-refractivity contribution >= 4 is 11.6 Å². The van der Waals surface area contributed by atoms with Gasteiger partial charge >= 0.3 is 0 Å². The molecule has 2 atom stereocenters. The SMILES string of the molecule is CCCCCCCCCCCCCCCCCCCCCC(=O)C(O)C(O)(CO)C(=O)CCCCCCCCCCCCCCCCCCCCC. The zero-order valence-electron chi connectivity index (χ0n) is 35.2. The lowest BCUT2D eigenvalue weighted by Gasteiger charge is -2.29. The van der Waals surface area contributed by atoms with Crippen molar-refractivity contribution in [2.75, 3.05) is 6.61 Å². The van der Waals surface area contributed by atoms with E-state index in [1.54, 1.807) is 0 Å². The average Bonchev–Trinajstić information content (AvgIpc) is 3.15. The van der Waals surface area contributed by atoms with Gasteiger partial charge in [0.25, 0.3) is 0 Å². The van der Waals surface area contributed by atoms with E-state index >= 15 is 0 Å². The second kappa shape index (κ2) is 39.9. The van der Waals surface area contributed by atoms with Gasteiger partial charge in [-0.25, -0.2) is 0 Å². The second-order valence-corrected chi connectivity index (χ2v) is 16.6. The Bertz CT molecular complexity index is 754. The van der Waals surface area contributed by atoms with Crippen LogP contribution in [0.4, 0.5) is 0 Å². The van der Waals surface area contributed by atoms with Crippen LogP contribution in [-0.4, -0.2) is 45.2 Å². The highest BCUT2D eigenvalue weighted by Gasteiger charge is 2.45. The number of Topliss-reactive ketones (excluding diaryl/α,β-unsaturated/α-hetero) is 2. The molecule has 0 aromatic carbocycles. The molecule has 0 amide bonds. The molecular formula is C47H92O5. The van der Waals surface area contributed by atoms with E-state index in [2.05, 4.69) is 13.8 Å². The molecule has 0 heterocycles. The van der Waals surface area contributed by atoms with E-state index in [9.17, 15) is 24.9 Å². The molecule has 0 rings (SSSR count). The van der Waals surface area contributed by atoms with E-state index in [-0.39, 0.29) is 12.8 Å². The molecule has 0 aromatic rings. The quantitative estimate of drug-likeness (QED) is 0.0541. The largest absolute Gasteiger partial charge is 0.393 e. The molecule has 52 heavy (non-hydrogen) atoms. The van der Waals surface area contributed by atoms with Crippen molar-refractivity contribution < 1.29 is 24.9 Å². The first-order chi connectivity index (χ1) is 25.4. The lowest BCUT2D eigenvalue weighted by atomic mass is 9.85. The van der Waals surface area contributed by atoms with Crippen molar-refractivity contribution in [2.45, 2.75) is 282 Å². The third-order valence-electron chi connectivity index (χ3n) is 11.5. The van der Waals surface area contributed by atoms with Gasteiger partial charge in [-0.1, -0.05) is 245 Å². The van der Waals surface area contributed by atoms with E-state index in [0.29, 0.717) is 12.8 Å². The number of ketones is 2. The maximum atomic E-state index is 12.8. The van der Waals surface area contributed by atoms with Gasteiger partial charge in [0.2, 0.25) is 0 Å². The maximum Gasteiger partial charge on any atom is 0.178 e. The molecule has 310 valence electrons. The zero-order valence-corrected chi connectivity index (χ0v) is 35.2. The van der Waals surface area contributed by atoms with Gasteiger partial charge in [0.05, 0.1) is 6.61 Å². The minimum atomic E-state index is -2.38. The highest BCUT2D eigenvalue weighted by atomic mass is 16.4. The molecule has 0 saturated carbocycles. The van der Waals surface area contributed by atoms with E-state index in [1.165, 1.54) is 193 Å². The van der Waals surface area contributed by atoms with E-state index in [0.717, 1.165) is 38.5 Å². The highest BCUT2D eigenvalue weighted by molar-refractivity contribution is 5.96. The molecule has 0 saturated heterocycles. The van der Waals surface area contributed by atoms with Crippen LogP contribution in [0.15, 0.2) is 0 Å². The summed E-state index contributed by atoms with van der Waals surface area (Å²) in [6.45, 7) is 3.63. The van der Waals surface area contributed by atoms with E-state index in [4.69, 9.17) is 0 Å². The molecule has 2 unspecified atom stereocenters. The summed E-state index contributed by atoms with van der Waals surface area (Å²) in [4.78, 5) is 25.4. The van der Waals surface area contributed by atoms with Gasteiger partial charge in [-0.15, -0.1) is 0 Å². The number of rotatable bonds is 44. The van der Waals surface area contributed by atoms with Crippen molar-refractivity contribution in [3.05, 3.63) is 0 Å². The van der Waals surface area contributed by atoms with E-state index in [1.807, 2.05) is 0 Å². The summed E-state index contributed by atoms with van der Waals surface area (Å²) < 4.78 is 0. The van der Waals surface area contributed by atoms with Crippen LogP contribution >= 0.6 is 0 Å². The van der Waals surface area contributed by atoms with Crippen LogP contribution < -0.4 is 0 Å². The Kier molecular flexibility index (Phi) is 39.3. The third-order valence-corrected chi connectivity index (χ3v) is 11.5. The Balaban J connectivity index is 3.69. The fraction of sp³-hybridized carbons (Fsp3) is 0.957. The van der Waals surface area contributed by atoms with Crippen molar-refractivity contribution in [1.29, 1.82) is 0 Å². The summed E-state index contributed by atoms with van der Waals surface area (Å²) in [5.74, 6) is -1.15. The number of hydrogen-bond donors (Lipinski definition) is 3. The summed E-state index contributed by atoms with van der Waals surface area (Å²) in [6, 6.07) is 0. The first-order valence-electron chi connectivity index (χ1n) is 23.5. The van der Waals surface area contributed by atoms with Gasteiger partial charge in [-0.05, 0) is 12.8 Å². The topological polar surface area (TPSA) is 94.8 Å². The third kappa shape index (κ3) is 31.6. The molecule has 5 nitrogen and oxygen atoms in total. The normalized spacial score (nSPS) is 13.4. The van der Waals surface area contributed by atoms with Crippen LogP contribution in [0.3, 0.4) is 0 Å². The maximum absolute atomic E-state index is 12.8. The van der Waals surface area contributed by atoms with Gasteiger partial charge < -0.3 is 15.3 Å². The Hall–Kier alpha value is -0.780. The number of unbranched alkanes of at least 4 members (excludes halogenated alkanes) is 36. The molecule has 3 N–H and O–H groups in total. The van der Waals surface area contributed by atoms with Crippen LogP contribution in [0.25, 0.3) is 0 Å². The minimum Gasteiger partial charge on any atom is -0.393 e. The molecule has 0 aliphatic carbocycles. The fourth-order valence-corrected chi connectivity index (χ4v) is 7.69. The van der Waals surface area contributed by atoms with Crippen molar-refractivity contribution in [3.63, 3.8) is 0 Å². The molecule has 0 radical (unpaired) electrons. The number of hydrogen-bond acceptors (Lipinski definition) is 5. The number of carbonyl (C=O) groups excluding carboxylic acids is 2. The molecule has 5 heteroatoms. The number of aliphatic hydroxyl groups is 3. The molecule has 0 bridgehead atoms. The summed E-state index contributed by atoms with van der Waals surface area (Å²) in [5, 5.41) is 31.1. The van der Waals surface area contributed by atoms with Crippen molar-refractivity contribution in [3.8, 4) is 0 Å².